The lowest BCUT2D eigenvalue weighted by Crippen LogP contribution is -2.49. The van der Waals surface area contributed by atoms with E-state index < -0.39 is 4.92 Å². The number of rotatable bonds is 5. The van der Waals surface area contributed by atoms with Crippen LogP contribution in [0.4, 0.5) is 11.4 Å². The summed E-state index contributed by atoms with van der Waals surface area (Å²) < 4.78 is 0. The van der Waals surface area contributed by atoms with E-state index >= 15 is 0 Å². The van der Waals surface area contributed by atoms with Crippen molar-refractivity contribution in [1.82, 2.24) is 4.90 Å². The quantitative estimate of drug-likeness (QED) is 0.467. The van der Waals surface area contributed by atoms with Gasteiger partial charge in [-0.25, -0.2) is 0 Å². The van der Waals surface area contributed by atoms with E-state index in [2.05, 4.69) is 4.90 Å². The number of nitro groups is 1. The van der Waals surface area contributed by atoms with Crippen LogP contribution < -0.4 is 4.90 Å². The molecule has 6 nitrogen and oxygen atoms in total. The van der Waals surface area contributed by atoms with Crippen LogP contribution in [0.1, 0.15) is 0 Å². The standard InChI is InChI=1S/C18H19N3O3S/c22-18(14-25-17-4-2-1-3-5-17)20-12-10-19(11-13-20)15-6-8-16(9-7-15)21(23)24/h1-9H,10-14H2. The summed E-state index contributed by atoms with van der Waals surface area (Å²) in [6.07, 6.45) is 0. The number of carbonyl (C=O) groups excluding carboxylic acids is 1. The van der Waals surface area contributed by atoms with Gasteiger partial charge < -0.3 is 9.80 Å². The van der Waals surface area contributed by atoms with Crippen LogP contribution in [-0.2, 0) is 4.79 Å². The van der Waals surface area contributed by atoms with Gasteiger partial charge in [0.05, 0.1) is 10.7 Å². The highest BCUT2D eigenvalue weighted by atomic mass is 32.2. The van der Waals surface area contributed by atoms with Gasteiger partial charge in [-0.15, -0.1) is 11.8 Å². The third-order valence-corrected chi connectivity index (χ3v) is 5.16. The highest BCUT2D eigenvalue weighted by molar-refractivity contribution is 8.00. The normalized spacial score (nSPS) is 14.4. The number of anilines is 1. The minimum atomic E-state index is -0.398. The number of nitro benzene ring substituents is 1. The van der Waals surface area contributed by atoms with Gasteiger partial charge in [0, 0.05) is 48.9 Å². The minimum Gasteiger partial charge on any atom is -0.368 e. The maximum atomic E-state index is 12.3. The fraction of sp³-hybridized carbons (Fsp3) is 0.278. The van der Waals surface area contributed by atoms with Crippen LogP contribution in [0.2, 0.25) is 0 Å². The van der Waals surface area contributed by atoms with Crippen molar-refractivity contribution in [3.63, 3.8) is 0 Å². The molecular weight excluding hydrogens is 338 g/mol. The summed E-state index contributed by atoms with van der Waals surface area (Å²) in [5.41, 5.74) is 1.05. The van der Waals surface area contributed by atoms with E-state index in [9.17, 15) is 14.9 Å². The molecule has 0 bridgehead atoms. The molecule has 0 N–H and O–H groups in total. The number of hydrogen-bond donors (Lipinski definition) is 0. The van der Waals surface area contributed by atoms with Crippen LogP contribution in [0.15, 0.2) is 59.5 Å². The van der Waals surface area contributed by atoms with Gasteiger partial charge in [0.25, 0.3) is 5.69 Å². The van der Waals surface area contributed by atoms with Gasteiger partial charge in [0.1, 0.15) is 0 Å². The smallest absolute Gasteiger partial charge is 0.269 e. The topological polar surface area (TPSA) is 66.7 Å². The predicted octanol–water partition coefficient (Wildman–Crippen LogP) is 3.04. The van der Waals surface area contributed by atoms with Crippen LogP contribution in [0.5, 0.6) is 0 Å². The Morgan fingerprint density at radius 1 is 1.00 bits per heavy atom. The van der Waals surface area contributed by atoms with Gasteiger partial charge >= 0.3 is 0 Å². The number of thioether (sulfide) groups is 1. The molecule has 7 heteroatoms. The second-order valence-electron chi connectivity index (χ2n) is 5.74. The number of benzene rings is 2. The maximum Gasteiger partial charge on any atom is 0.269 e. The first-order valence-corrected chi connectivity index (χ1v) is 9.07. The van der Waals surface area contributed by atoms with Crippen molar-refractivity contribution in [3.8, 4) is 0 Å². The fourth-order valence-corrected chi connectivity index (χ4v) is 3.57. The van der Waals surface area contributed by atoms with Gasteiger partial charge in [-0.3, -0.25) is 14.9 Å². The molecule has 0 unspecified atom stereocenters. The zero-order valence-electron chi connectivity index (χ0n) is 13.7. The molecule has 3 rings (SSSR count). The lowest BCUT2D eigenvalue weighted by molar-refractivity contribution is -0.384. The van der Waals surface area contributed by atoms with Crippen LogP contribution in [-0.4, -0.2) is 47.7 Å². The Bertz CT molecular complexity index is 729. The summed E-state index contributed by atoms with van der Waals surface area (Å²) in [5, 5.41) is 10.7. The first kappa shape index (κ1) is 17.3. The van der Waals surface area contributed by atoms with Crippen LogP contribution in [0, 0.1) is 10.1 Å². The second-order valence-corrected chi connectivity index (χ2v) is 6.79. The Balaban J connectivity index is 1.49. The molecule has 1 saturated heterocycles. The first-order chi connectivity index (χ1) is 12.1. The van der Waals surface area contributed by atoms with E-state index in [1.165, 1.54) is 12.1 Å². The van der Waals surface area contributed by atoms with Gasteiger partial charge in [-0.1, -0.05) is 18.2 Å². The van der Waals surface area contributed by atoms with Crippen molar-refractivity contribution in [1.29, 1.82) is 0 Å². The number of amides is 1. The van der Waals surface area contributed by atoms with Gasteiger partial charge in [-0.05, 0) is 24.3 Å². The minimum absolute atomic E-state index is 0.0931. The van der Waals surface area contributed by atoms with E-state index in [4.69, 9.17) is 0 Å². The van der Waals surface area contributed by atoms with E-state index in [0.717, 1.165) is 23.7 Å². The number of carbonyl (C=O) groups is 1. The zero-order valence-corrected chi connectivity index (χ0v) is 14.5. The van der Waals surface area contributed by atoms with Crippen molar-refractivity contribution in [2.24, 2.45) is 0 Å². The van der Waals surface area contributed by atoms with Crippen LogP contribution in [0.25, 0.3) is 0 Å². The molecule has 2 aromatic rings. The Kier molecular flexibility index (Phi) is 5.55. The highest BCUT2D eigenvalue weighted by Crippen LogP contribution is 2.22. The molecule has 0 aromatic heterocycles. The molecule has 1 aliphatic rings. The van der Waals surface area contributed by atoms with Gasteiger partial charge in [0.15, 0.2) is 0 Å². The summed E-state index contributed by atoms with van der Waals surface area (Å²) in [6.45, 7) is 2.81. The summed E-state index contributed by atoms with van der Waals surface area (Å²) in [5.74, 6) is 0.596. The number of piperazine rings is 1. The fourth-order valence-electron chi connectivity index (χ4n) is 2.75. The largest absolute Gasteiger partial charge is 0.368 e. The average Bonchev–Trinajstić information content (AvgIpc) is 2.67. The Hall–Kier alpha value is -2.54. The van der Waals surface area contributed by atoms with Crippen molar-refractivity contribution in [2.75, 3.05) is 36.8 Å². The summed E-state index contributed by atoms with van der Waals surface area (Å²) in [7, 11) is 0. The molecule has 0 atom stereocenters. The van der Waals surface area contributed by atoms with Crippen molar-refractivity contribution in [2.45, 2.75) is 4.90 Å². The van der Waals surface area contributed by atoms with Crippen molar-refractivity contribution < 1.29 is 9.72 Å². The molecule has 1 amide bonds. The monoisotopic (exact) mass is 357 g/mol. The molecule has 1 fully saturated rings. The van der Waals surface area contributed by atoms with Crippen molar-refractivity contribution in [3.05, 3.63) is 64.7 Å². The Morgan fingerprint density at radius 3 is 2.24 bits per heavy atom. The Morgan fingerprint density at radius 2 is 1.64 bits per heavy atom. The van der Waals surface area contributed by atoms with Crippen molar-refractivity contribution >= 4 is 29.0 Å². The van der Waals surface area contributed by atoms with Crippen LogP contribution >= 0.6 is 11.8 Å². The molecule has 25 heavy (non-hydrogen) atoms. The van der Waals surface area contributed by atoms with Gasteiger partial charge in [-0.2, -0.15) is 0 Å². The molecule has 0 spiro atoms. The molecule has 0 aliphatic carbocycles. The predicted molar refractivity (Wildman–Crippen MR) is 99.1 cm³/mol. The third kappa shape index (κ3) is 4.51. The average molecular weight is 357 g/mol. The van der Waals surface area contributed by atoms with E-state index in [1.807, 2.05) is 35.2 Å². The van der Waals surface area contributed by atoms with E-state index in [0.29, 0.717) is 18.8 Å². The molecular formula is C18H19N3O3S. The molecule has 130 valence electrons. The highest BCUT2D eigenvalue weighted by Gasteiger charge is 2.21. The summed E-state index contributed by atoms with van der Waals surface area (Å²) in [6, 6.07) is 16.5. The summed E-state index contributed by atoms with van der Waals surface area (Å²) in [4.78, 5) is 27.8. The summed E-state index contributed by atoms with van der Waals surface area (Å²) >= 11 is 1.55. The first-order valence-electron chi connectivity index (χ1n) is 8.08. The van der Waals surface area contributed by atoms with E-state index in [-0.39, 0.29) is 11.6 Å². The van der Waals surface area contributed by atoms with Crippen LogP contribution in [0.3, 0.4) is 0 Å². The maximum absolute atomic E-state index is 12.3. The number of hydrogen-bond acceptors (Lipinski definition) is 5. The molecule has 2 aromatic carbocycles. The zero-order chi connectivity index (χ0) is 17.6. The lowest BCUT2D eigenvalue weighted by atomic mass is 10.2. The second kappa shape index (κ2) is 8.02. The number of non-ortho nitro benzene ring substituents is 1. The van der Waals surface area contributed by atoms with E-state index in [1.54, 1.807) is 23.9 Å². The SMILES string of the molecule is O=C(CSc1ccccc1)N1CCN(c2ccc([N+](=O)[O-])cc2)CC1. The lowest BCUT2D eigenvalue weighted by Gasteiger charge is -2.36. The Labute approximate surface area is 150 Å². The molecule has 1 aliphatic heterocycles. The molecule has 0 radical (unpaired) electrons. The van der Waals surface area contributed by atoms with Gasteiger partial charge in [0.2, 0.25) is 5.91 Å². The molecule has 1 heterocycles. The number of nitrogens with zero attached hydrogens (tertiary/aromatic N) is 3. The third-order valence-electron chi connectivity index (χ3n) is 4.16. The molecule has 0 saturated carbocycles.